The molecule has 0 bridgehead atoms. The number of carbonyl (C=O) groups excluding carboxylic acids is 1. The smallest absolute Gasteiger partial charge is 0.172 e. The number of aromatic amines is 1. The third-order valence-electron chi connectivity index (χ3n) is 3.66. The summed E-state index contributed by atoms with van der Waals surface area (Å²) in [5, 5.41) is 2.52. The van der Waals surface area contributed by atoms with Crippen LogP contribution in [0.4, 0.5) is 0 Å². The van der Waals surface area contributed by atoms with Crippen molar-refractivity contribution in [1.29, 1.82) is 0 Å². The van der Waals surface area contributed by atoms with Gasteiger partial charge in [-0.15, -0.1) is 0 Å². The summed E-state index contributed by atoms with van der Waals surface area (Å²) >= 11 is 7.70. The van der Waals surface area contributed by atoms with Crippen molar-refractivity contribution in [3.8, 4) is 0 Å². The largest absolute Gasteiger partial charge is 0.339 e. The Kier molecular flexibility index (Phi) is 4.90. The molecule has 0 spiro atoms. The van der Waals surface area contributed by atoms with E-state index in [-0.39, 0.29) is 5.78 Å². The van der Waals surface area contributed by atoms with Gasteiger partial charge in [0.1, 0.15) is 5.65 Å². The molecule has 1 N–H and O–H groups in total. The number of aromatic nitrogens is 2. The van der Waals surface area contributed by atoms with Crippen molar-refractivity contribution in [2.24, 2.45) is 0 Å². The van der Waals surface area contributed by atoms with Crippen LogP contribution in [0.5, 0.6) is 0 Å². The number of pyridine rings is 1. The van der Waals surface area contributed by atoms with Gasteiger partial charge in [0, 0.05) is 40.3 Å². The predicted molar refractivity (Wildman–Crippen MR) is 98.8 cm³/mol. The van der Waals surface area contributed by atoms with Crippen LogP contribution in [0.15, 0.2) is 30.5 Å². The van der Waals surface area contributed by atoms with Crippen molar-refractivity contribution in [3.05, 3.63) is 41.0 Å². The molecule has 0 atom stereocenters. The summed E-state index contributed by atoms with van der Waals surface area (Å²) in [7, 11) is 4.07. The Bertz CT molecular complexity index is 860. The molecule has 4 nitrogen and oxygen atoms in total. The zero-order valence-corrected chi connectivity index (χ0v) is 14.7. The highest BCUT2D eigenvalue weighted by Crippen LogP contribution is 2.27. The maximum Gasteiger partial charge on any atom is 0.172 e. The molecule has 120 valence electrons. The van der Waals surface area contributed by atoms with Crippen LogP contribution in [0, 0.1) is 0 Å². The monoisotopic (exact) mass is 347 g/mol. The fourth-order valence-corrected chi connectivity index (χ4v) is 3.57. The molecule has 23 heavy (non-hydrogen) atoms. The number of halogens is 1. The van der Waals surface area contributed by atoms with Crippen LogP contribution in [-0.4, -0.2) is 52.8 Å². The molecule has 0 saturated carbocycles. The van der Waals surface area contributed by atoms with Gasteiger partial charge in [0.2, 0.25) is 0 Å². The van der Waals surface area contributed by atoms with Crippen molar-refractivity contribution in [3.63, 3.8) is 0 Å². The number of thioether (sulfide) groups is 1. The second-order valence-corrected chi connectivity index (χ2v) is 7.26. The van der Waals surface area contributed by atoms with Gasteiger partial charge in [-0.25, -0.2) is 4.98 Å². The Morgan fingerprint density at radius 2 is 2.13 bits per heavy atom. The van der Waals surface area contributed by atoms with E-state index >= 15 is 0 Å². The molecule has 2 aromatic heterocycles. The summed E-state index contributed by atoms with van der Waals surface area (Å²) in [5.74, 6) is 1.61. The number of hydrogen-bond donors (Lipinski definition) is 1. The molecule has 0 amide bonds. The number of H-pyrrole nitrogens is 1. The summed E-state index contributed by atoms with van der Waals surface area (Å²) in [6.45, 7) is 0.976. The topological polar surface area (TPSA) is 49.0 Å². The zero-order valence-electron chi connectivity index (χ0n) is 13.1. The number of fused-ring (bicyclic) bond motifs is 3. The number of nitrogens with one attached hydrogen (secondary N) is 1. The molecule has 1 aromatic carbocycles. The molecular formula is C17H18ClN3OS. The molecular weight excluding hydrogens is 330 g/mol. The Morgan fingerprint density at radius 1 is 1.30 bits per heavy atom. The van der Waals surface area contributed by atoms with Gasteiger partial charge in [0.05, 0.1) is 10.8 Å². The maximum atomic E-state index is 12.4. The van der Waals surface area contributed by atoms with E-state index < -0.39 is 0 Å². The maximum absolute atomic E-state index is 12.4. The lowest BCUT2D eigenvalue weighted by Gasteiger charge is -2.08. The lowest BCUT2D eigenvalue weighted by molar-refractivity contribution is 0.102. The quantitative estimate of drug-likeness (QED) is 0.543. The number of nitrogens with zero attached hydrogens (tertiary/aromatic N) is 2. The summed E-state index contributed by atoms with van der Waals surface area (Å²) < 4.78 is 0. The first-order valence-electron chi connectivity index (χ1n) is 7.37. The molecule has 0 unspecified atom stereocenters. The molecule has 0 aliphatic carbocycles. The second-order valence-electron chi connectivity index (χ2n) is 5.71. The number of carbonyl (C=O) groups is 1. The van der Waals surface area contributed by atoms with Crippen LogP contribution in [0.3, 0.4) is 0 Å². The molecule has 3 rings (SSSR count). The Hall–Kier alpha value is -1.56. The van der Waals surface area contributed by atoms with Gasteiger partial charge < -0.3 is 9.88 Å². The van der Waals surface area contributed by atoms with Crippen LogP contribution >= 0.6 is 23.4 Å². The van der Waals surface area contributed by atoms with Crippen molar-refractivity contribution >= 4 is 51.1 Å². The number of hydrogen-bond acceptors (Lipinski definition) is 4. The highest BCUT2D eigenvalue weighted by Gasteiger charge is 2.11. The minimum absolute atomic E-state index is 0.153. The number of ketones is 1. The summed E-state index contributed by atoms with van der Waals surface area (Å²) in [5.41, 5.74) is 2.48. The Morgan fingerprint density at radius 3 is 2.91 bits per heavy atom. The van der Waals surface area contributed by atoms with Gasteiger partial charge in [0.25, 0.3) is 0 Å². The average Bonchev–Trinajstić information content (AvgIpc) is 2.88. The lowest BCUT2D eigenvalue weighted by Crippen LogP contribution is -2.15. The molecule has 0 radical (unpaired) electrons. The van der Waals surface area contributed by atoms with E-state index in [9.17, 15) is 4.79 Å². The van der Waals surface area contributed by atoms with Crippen LogP contribution in [0.2, 0.25) is 5.02 Å². The first-order valence-corrected chi connectivity index (χ1v) is 8.90. The van der Waals surface area contributed by atoms with Gasteiger partial charge in [-0.2, -0.15) is 11.8 Å². The first kappa shape index (κ1) is 16.3. The van der Waals surface area contributed by atoms with Gasteiger partial charge in [0.15, 0.2) is 5.78 Å². The third kappa shape index (κ3) is 3.68. The Labute approximate surface area is 144 Å². The molecule has 0 fully saturated rings. The van der Waals surface area contributed by atoms with E-state index in [0.29, 0.717) is 10.8 Å². The zero-order chi connectivity index (χ0) is 16.4. The summed E-state index contributed by atoms with van der Waals surface area (Å²) in [6, 6.07) is 7.61. The minimum Gasteiger partial charge on any atom is -0.339 e. The van der Waals surface area contributed by atoms with E-state index in [4.69, 9.17) is 11.6 Å². The van der Waals surface area contributed by atoms with E-state index in [1.54, 1.807) is 18.0 Å². The van der Waals surface area contributed by atoms with Crippen molar-refractivity contribution < 1.29 is 4.79 Å². The molecule has 0 aliphatic heterocycles. The highest BCUT2D eigenvalue weighted by atomic mass is 35.5. The third-order valence-corrected chi connectivity index (χ3v) is 4.80. The molecule has 0 aliphatic rings. The average molecular weight is 348 g/mol. The standard InChI is InChI=1S/C17H18ClN3OS/c1-21(2)5-6-23-10-16(22)11-3-4-15-13(7-11)14-8-12(18)9-19-17(14)20-15/h3-4,7-9H,5-6,10H2,1-2H3,(H,19,20). The number of rotatable bonds is 6. The predicted octanol–water partition coefficient (Wildman–Crippen LogP) is 3.85. The fraction of sp³-hybridized carbons (Fsp3) is 0.294. The fourth-order valence-electron chi connectivity index (χ4n) is 2.42. The van der Waals surface area contributed by atoms with Gasteiger partial charge in [-0.1, -0.05) is 11.6 Å². The summed E-state index contributed by atoms with van der Waals surface area (Å²) in [4.78, 5) is 22.0. The SMILES string of the molecule is CN(C)CCSCC(=O)c1ccc2[nH]c3ncc(Cl)cc3c2c1. The lowest BCUT2D eigenvalue weighted by atomic mass is 10.1. The normalized spacial score (nSPS) is 11.7. The minimum atomic E-state index is 0.153. The van der Waals surface area contributed by atoms with E-state index in [1.807, 2.05) is 38.4 Å². The second kappa shape index (κ2) is 6.91. The first-order chi connectivity index (χ1) is 11.0. The van der Waals surface area contributed by atoms with Gasteiger partial charge in [-0.05, 0) is 38.4 Å². The van der Waals surface area contributed by atoms with Crippen LogP contribution in [0.1, 0.15) is 10.4 Å². The van der Waals surface area contributed by atoms with E-state index in [0.717, 1.165) is 39.8 Å². The van der Waals surface area contributed by atoms with Crippen molar-refractivity contribution in [1.82, 2.24) is 14.9 Å². The van der Waals surface area contributed by atoms with Gasteiger partial charge in [-0.3, -0.25) is 4.79 Å². The van der Waals surface area contributed by atoms with Crippen LogP contribution in [0.25, 0.3) is 21.9 Å². The van der Waals surface area contributed by atoms with E-state index in [2.05, 4.69) is 14.9 Å². The molecule has 6 heteroatoms. The number of Topliss-reactive ketones (excluding diaryl/α,β-unsaturated/α-hetero) is 1. The molecule has 0 saturated heterocycles. The van der Waals surface area contributed by atoms with Crippen molar-refractivity contribution in [2.75, 3.05) is 32.1 Å². The van der Waals surface area contributed by atoms with Gasteiger partial charge >= 0.3 is 0 Å². The summed E-state index contributed by atoms with van der Waals surface area (Å²) in [6.07, 6.45) is 1.62. The van der Waals surface area contributed by atoms with Crippen molar-refractivity contribution in [2.45, 2.75) is 0 Å². The van der Waals surface area contributed by atoms with Crippen LogP contribution < -0.4 is 0 Å². The number of benzene rings is 1. The van der Waals surface area contributed by atoms with Crippen LogP contribution in [-0.2, 0) is 0 Å². The molecule has 3 aromatic rings. The molecule has 2 heterocycles. The Balaban J connectivity index is 1.83. The van der Waals surface area contributed by atoms with E-state index in [1.165, 1.54) is 0 Å². The highest BCUT2D eigenvalue weighted by molar-refractivity contribution is 8.00.